The average Bonchev–Trinajstić information content (AvgIpc) is 2.68. The molecule has 1 aromatic carbocycles. The average molecular weight is 234 g/mol. The summed E-state index contributed by atoms with van der Waals surface area (Å²) >= 11 is 0. The highest BCUT2D eigenvalue weighted by Crippen LogP contribution is 2.26. The van der Waals surface area contributed by atoms with Gasteiger partial charge in [0.1, 0.15) is 0 Å². The van der Waals surface area contributed by atoms with E-state index in [4.69, 9.17) is 0 Å². The Morgan fingerprint density at radius 3 is 2.76 bits per heavy atom. The number of rotatable bonds is 3. The SMILES string of the molecule is CC(C)(C)NCC(O)C1Cc2ccccc2N1. The Morgan fingerprint density at radius 2 is 2.12 bits per heavy atom. The lowest BCUT2D eigenvalue weighted by Gasteiger charge is -2.25. The number of hydrogen-bond acceptors (Lipinski definition) is 3. The fraction of sp³-hybridized carbons (Fsp3) is 0.571. The molecule has 1 aromatic rings. The summed E-state index contributed by atoms with van der Waals surface area (Å²) in [5.74, 6) is 0. The summed E-state index contributed by atoms with van der Waals surface area (Å²) in [5.41, 5.74) is 2.51. The van der Waals surface area contributed by atoms with Crippen LogP contribution in [0.4, 0.5) is 5.69 Å². The van der Waals surface area contributed by atoms with Crippen LogP contribution in [-0.4, -0.2) is 29.3 Å². The summed E-state index contributed by atoms with van der Waals surface area (Å²) in [4.78, 5) is 0. The second-order valence-electron chi connectivity index (χ2n) is 5.81. The fourth-order valence-corrected chi connectivity index (χ4v) is 2.11. The molecule has 2 rings (SSSR count). The van der Waals surface area contributed by atoms with Crippen LogP contribution >= 0.6 is 0 Å². The number of hydrogen-bond donors (Lipinski definition) is 3. The van der Waals surface area contributed by atoms with Crippen molar-refractivity contribution in [2.24, 2.45) is 0 Å². The summed E-state index contributed by atoms with van der Waals surface area (Å²) in [5, 5.41) is 16.9. The number of para-hydroxylation sites is 1. The van der Waals surface area contributed by atoms with Crippen LogP contribution in [0.5, 0.6) is 0 Å². The van der Waals surface area contributed by atoms with Gasteiger partial charge in [-0.05, 0) is 38.8 Å². The largest absolute Gasteiger partial charge is 0.390 e. The van der Waals surface area contributed by atoms with Gasteiger partial charge in [0.25, 0.3) is 0 Å². The molecule has 0 radical (unpaired) electrons. The minimum absolute atomic E-state index is 0.0481. The third-order valence-electron chi connectivity index (χ3n) is 3.10. The van der Waals surface area contributed by atoms with E-state index in [0.29, 0.717) is 6.54 Å². The van der Waals surface area contributed by atoms with Gasteiger partial charge in [0, 0.05) is 17.8 Å². The molecule has 1 heterocycles. The smallest absolute Gasteiger partial charge is 0.0868 e. The monoisotopic (exact) mass is 234 g/mol. The van der Waals surface area contributed by atoms with Gasteiger partial charge in [0.2, 0.25) is 0 Å². The molecule has 1 aliphatic heterocycles. The lowest BCUT2D eigenvalue weighted by Crippen LogP contribution is -2.46. The van der Waals surface area contributed by atoms with E-state index < -0.39 is 0 Å². The molecule has 1 aliphatic rings. The third kappa shape index (κ3) is 3.20. The van der Waals surface area contributed by atoms with Gasteiger partial charge in [-0.1, -0.05) is 18.2 Å². The molecule has 2 unspecified atom stereocenters. The highest BCUT2D eigenvalue weighted by molar-refractivity contribution is 5.56. The normalized spacial score (nSPS) is 20.8. The van der Waals surface area contributed by atoms with Crippen molar-refractivity contribution >= 4 is 5.69 Å². The van der Waals surface area contributed by atoms with E-state index in [9.17, 15) is 5.11 Å². The first-order valence-electron chi connectivity index (χ1n) is 6.23. The van der Waals surface area contributed by atoms with Gasteiger partial charge in [-0.2, -0.15) is 0 Å². The zero-order chi connectivity index (χ0) is 12.5. The molecule has 3 heteroatoms. The van der Waals surface area contributed by atoms with Crippen LogP contribution in [0.25, 0.3) is 0 Å². The molecular weight excluding hydrogens is 212 g/mol. The van der Waals surface area contributed by atoms with Crippen molar-refractivity contribution in [3.63, 3.8) is 0 Å². The predicted molar refractivity (Wildman–Crippen MR) is 71.3 cm³/mol. The molecular formula is C14H22N2O. The third-order valence-corrected chi connectivity index (χ3v) is 3.10. The van der Waals surface area contributed by atoms with Crippen molar-refractivity contribution in [2.75, 3.05) is 11.9 Å². The van der Waals surface area contributed by atoms with Crippen molar-refractivity contribution < 1.29 is 5.11 Å². The molecule has 17 heavy (non-hydrogen) atoms. The van der Waals surface area contributed by atoms with Crippen LogP contribution in [0.3, 0.4) is 0 Å². The van der Waals surface area contributed by atoms with Crippen LogP contribution in [0, 0.1) is 0 Å². The maximum absolute atomic E-state index is 10.2. The van der Waals surface area contributed by atoms with Crippen molar-refractivity contribution in [1.29, 1.82) is 0 Å². The molecule has 0 saturated carbocycles. The van der Waals surface area contributed by atoms with Gasteiger partial charge >= 0.3 is 0 Å². The zero-order valence-corrected chi connectivity index (χ0v) is 10.8. The van der Waals surface area contributed by atoms with E-state index >= 15 is 0 Å². The van der Waals surface area contributed by atoms with Gasteiger partial charge < -0.3 is 15.7 Å². The molecule has 0 fully saturated rings. The zero-order valence-electron chi connectivity index (χ0n) is 10.8. The van der Waals surface area contributed by atoms with E-state index in [1.54, 1.807) is 0 Å². The Morgan fingerprint density at radius 1 is 1.41 bits per heavy atom. The Kier molecular flexibility index (Phi) is 3.40. The minimum Gasteiger partial charge on any atom is -0.390 e. The predicted octanol–water partition coefficient (Wildman–Crippen LogP) is 1.77. The quantitative estimate of drug-likeness (QED) is 0.747. The number of nitrogens with one attached hydrogen (secondary N) is 2. The molecule has 0 aromatic heterocycles. The summed E-state index contributed by atoms with van der Waals surface area (Å²) in [6.07, 6.45) is 0.546. The molecule has 3 N–H and O–H groups in total. The van der Waals surface area contributed by atoms with Crippen molar-refractivity contribution in [3.8, 4) is 0 Å². The topological polar surface area (TPSA) is 44.3 Å². The number of aliphatic hydroxyl groups is 1. The second kappa shape index (κ2) is 4.67. The summed E-state index contributed by atoms with van der Waals surface area (Å²) < 4.78 is 0. The van der Waals surface area contributed by atoms with E-state index in [-0.39, 0.29) is 17.7 Å². The van der Waals surface area contributed by atoms with Crippen molar-refractivity contribution in [1.82, 2.24) is 5.32 Å². The van der Waals surface area contributed by atoms with Crippen LogP contribution in [0.1, 0.15) is 26.3 Å². The van der Waals surface area contributed by atoms with Crippen molar-refractivity contribution in [2.45, 2.75) is 44.9 Å². The van der Waals surface area contributed by atoms with Gasteiger partial charge in [-0.15, -0.1) is 0 Å². The van der Waals surface area contributed by atoms with Crippen LogP contribution < -0.4 is 10.6 Å². The molecule has 94 valence electrons. The van der Waals surface area contributed by atoms with Gasteiger partial charge in [0.05, 0.1) is 12.1 Å². The van der Waals surface area contributed by atoms with E-state index in [2.05, 4.69) is 43.5 Å². The molecule has 0 amide bonds. The summed E-state index contributed by atoms with van der Waals surface area (Å²) in [7, 11) is 0. The van der Waals surface area contributed by atoms with E-state index in [0.717, 1.165) is 12.1 Å². The van der Waals surface area contributed by atoms with Gasteiger partial charge in [0.15, 0.2) is 0 Å². The second-order valence-corrected chi connectivity index (χ2v) is 5.81. The lowest BCUT2D eigenvalue weighted by molar-refractivity contribution is 0.142. The Hall–Kier alpha value is -1.06. The fourth-order valence-electron chi connectivity index (χ4n) is 2.11. The molecule has 0 bridgehead atoms. The summed E-state index contributed by atoms with van der Waals surface area (Å²) in [6, 6.07) is 8.38. The summed E-state index contributed by atoms with van der Waals surface area (Å²) in [6.45, 7) is 6.94. The number of fused-ring (bicyclic) bond motifs is 1. The number of benzene rings is 1. The van der Waals surface area contributed by atoms with Crippen molar-refractivity contribution in [3.05, 3.63) is 29.8 Å². The number of anilines is 1. The molecule has 2 atom stereocenters. The molecule has 0 spiro atoms. The first-order valence-corrected chi connectivity index (χ1v) is 6.23. The maximum Gasteiger partial charge on any atom is 0.0868 e. The van der Waals surface area contributed by atoms with E-state index in [1.807, 2.05) is 12.1 Å². The van der Waals surface area contributed by atoms with E-state index in [1.165, 1.54) is 5.56 Å². The van der Waals surface area contributed by atoms with Crippen LogP contribution in [0.15, 0.2) is 24.3 Å². The lowest BCUT2D eigenvalue weighted by atomic mass is 10.0. The molecule has 0 aliphatic carbocycles. The first-order chi connectivity index (χ1) is 7.96. The minimum atomic E-state index is -0.360. The Balaban J connectivity index is 1.90. The number of β-amino-alcohol motifs (C(OH)–C–C–N with tert-alkyl or cyclic N) is 1. The van der Waals surface area contributed by atoms with Crippen LogP contribution in [0.2, 0.25) is 0 Å². The first kappa shape index (κ1) is 12.4. The maximum atomic E-state index is 10.2. The molecule has 0 saturated heterocycles. The molecule has 3 nitrogen and oxygen atoms in total. The number of aliphatic hydroxyl groups excluding tert-OH is 1. The Bertz CT molecular complexity index is 359. The van der Waals surface area contributed by atoms with Crippen LogP contribution in [-0.2, 0) is 6.42 Å². The van der Waals surface area contributed by atoms with Gasteiger partial charge in [-0.25, -0.2) is 0 Å². The Labute approximate surface area is 103 Å². The van der Waals surface area contributed by atoms with Gasteiger partial charge in [-0.3, -0.25) is 0 Å². The highest BCUT2D eigenvalue weighted by atomic mass is 16.3. The highest BCUT2D eigenvalue weighted by Gasteiger charge is 2.27. The standard InChI is InChI=1S/C14H22N2O/c1-14(2,3)15-9-13(17)12-8-10-6-4-5-7-11(10)16-12/h4-7,12-13,15-17H,8-9H2,1-3H3.